The first kappa shape index (κ1) is 17.6. The Balaban J connectivity index is 1.46. The zero-order valence-electron chi connectivity index (χ0n) is 15.1. The van der Waals surface area contributed by atoms with E-state index in [2.05, 4.69) is 10.4 Å². The number of carboxylic acid groups (broad SMARTS) is 1. The molecule has 8 nitrogen and oxygen atoms in total. The minimum Gasteiger partial charge on any atom is -0.479 e. The van der Waals surface area contributed by atoms with Crippen molar-refractivity contribution in [2.45, 2.75) is 50.1 Å². The summed E-state index contributed by atoms with van der Waals surface area (Å²) < 4.78 is 6.85. The Labute approximate surface area is 157 Å². The summed E-state index contributed by atoms with van der Waals surface area (Å²) in [6.07, 6.45) is 8.25. The van der Waals surface area contributed by atoms with Gasteiger partial charge in [0.05, 0.1) is 6.26 Å². The zero-order valence-corrected chi connectivity index (χ0v) is 15.1. The van der Waals surface area contributed by atoms with E-state index in [4.69, 9.17) is 4.42 Å². The minimum atomic E-state index is -1.14. The summed E-state index contributed by atoms with van der Waals surface area (Å²) in [5.41, 5.74) is -0.545. The third kappa shape index (κ3) is 3.31. The molecule has 2 fully saturated rings. The van der Waals surface area contributed by atoms with E-state index in [1.165, 1.54) is 4.68 Å². The number of nitrogens with one attached hydrogen (secondary N) is 1. The Bertz CT molecular complexity index is 800. The number of carbonyl (C=O) groups excluding carboxylic acids is 1. The number of amides is 2. The maximum absolute atomic E-state index is 12.5. The van der Waals surface area contributed by atoms with Crippen LogP contribution >= 0.6 is 0 Å². The lowest BCUT2D eigenvalue weighted by Crippen LogP contribution is -2.55. The van der Waals surface area contributed by atoms with Gasteiger partial charge in [0, 0.05) is 38.2 Å². The normalized spacial score (nSPS) is 19.9. The van der Waals surface area contributed by atoms with Crippen molar-refractivity contribution in [3.63, 3.8) is 0 Å². The number of urea groups is 1. The highest BCUT2D eigenvalue weighted by Gasteiger charge is 2.45. The quantitative estimate of drug-likeness (QED) is 0.859. The maximum Gasteiger partial charge on any atom is 0.331 e. The van der Waals surface area contributed by atoms with Crippen LogP contribution in [-0.2, 0) is 10.3 Å². The average Bonchev–Trinajstić information content (AvgIpc) is 3.42. The van der Waals surface area contributed by atoms with E-state index in [1.807, 2.05) is 0 Å². The first-order valence-electron chi connectivity index (χ1n) is 9.47. The molecule has 0 bridgehead atoms. The van der Waals surface area contributed by atoms with Crippen molar-refractivity contribution in [3.8, 4) is 11.5 Å². The van der Waals surface area contributed by atoms with Crippen molar-refractivity contribution < 1.29 is 19.1 Å². The van der Waals surface area contributed by atoms with Crippen LogP contribution in [0.3, 0.4) is 0 Å². The molecule has 0 unspecified atom stereocenters. The van der Waals surface area contributed by atoms with Crippen LogP contribution in [0.4, 0.5) is 4.79 Å². The summed E-state index contributed by atoms with van der Waals surface area (Å²) in [4.78, 5) is 26.3. The molecule has 0 aromatic carbocycles. The van der Waals surface area contributed by atoms with Crippen LogP contribution in [0.15, 0.2) is 35.1 Å². The molecule has 0 radical (unpaired) electrons. The molecule has 3 heterocycles. The van der Waals surface area contributed by atoms with Gasteiger partial charge in [-0.1, -0.05) is 12.8 Å². The van der Waals surface area contributed by atoms with Gasteiger partial charge in [-0.2, -0.15) is 5.10 Å². The van der Waals surface area contributed by atoms with Crippen molar-refractivity contribution >= 4 is 12.0 Å². The van der Waals surface area contributed by atoms with Gasteiger partial charge in [-0.05, 0) is 31.0 Å². The Morgan fingerprint density at radius 1 is 1.22 bits per heavy atom. The standard InChI is InChI=1S/C19H24N4O4/c24-17(25)19(23-10-7-15(21-23)16-6-3-13-27-16)8-11-22(12-9-19)18(26)20-14-4-1-2-5-14/h3,6-7,10,13-14H,1-2,4-5,8-9,11-12H2,(H,20,26)(H,24,25). The molecule has 1 aliphatic heterocycles. The molecule has 0 atom stereocenters. The van der Waals surface area contributed by atoms with Crippen LogP contribution in [0.1, 0.15) is 38.5 Å². The second kappa shape index (κ2) is 7.09. The molecule has 1 aliphatic carbocycles. The van der Waals surface area contributed by atoms with E-state index in [-0.39, 0.29) is 12.1 Å². The van der Waals surface area contributed by atoms with Crippen LogP contribution < -0.4 is 5.32 Å². The minimum absolute atomic E-state index is 0.0855. The van der Waals surface area contributed by atoms with Gasteiger partial charge < -0.3 is 19.7 Å². The molecule has 8 heteroatoms. The van der Waals surface area contributed by atoms with Crippen LogP contribution in [0.5, 0.6) is 0 Å². The SMILES string of the molecule is O=C(NC1CCCC1)N1CCC(C(=O)O)(n2ccc(-c3ccco3)n2)CC1. The predicted octanol–water partition coefficient (Wildman–Crippen LogP) is 2.67. The Kier molecular flexibility index (Phi) is 4.63. The fourth-order valence-corrected chi connectivity index (χ4v) is 4.07. The second-order valence-corrected chi connectivity index (χ2v) is 7.38. The molecule has 2 aromatic rings. The lowest BCUT2D eigenvalue weighted by molar-refractivity contribution is -0.150. The van der Waals surface area contributed by atoms with Crippen molar-refractivity contribution in [3.05, 3.63) is 30.7 Å². The summed E-state index contributed by atoms with van der Waals surface area (Å²) in [5, 5.41) is 17.5. The second-order valence-electron chi connectivity index (χ2n) is 7.38. The van der Waals surface area contributed by atoms with Crippen molar-refractivity contribution in [1.29, 1.82) is 0 Å². The molecular formula is C19H24N4O4. The molecule has 4 rings (SSSR count). The van der Waals surface area contributed by atoms with E-state index < -0.39 is 11.5 Å². The van der Waals surface area contributed by atoms with Gasteiger partial charge in [-0.15, -0.1) is 0 Å². The monoisotopic (exact) mass is 372 g/mol. The van der Waals surface area contributed by atoms with Crippen molar-refractivity contribution in [1.82, 2.24) is 20.0 Å². The number of rotatable bonds is 4. The summed E-state index contributed by atoms with van der Waals surface area (Å²) in [6, 6.07) is 5.48. The molecular weight excluding hydrogens is 348 g/mol. The maximum atomic E-state index is 12.5. The molecule has 2 aromatic heterocycles. The number of aliphatic carboxylic acids is 1. The molecule has 1 saturated carbocycles. The first-order valence-corrected chi connectivity index (χ1v) is 9.47. The lowest BCUT2D eigenvalue weighted by atomic mass is 9.88. The number of carbonyl (C=O) groups is 2. The number of nitrogens with zero attached hydrogens (tertiary/aromatic N) is 3. The zero-order chi connectivity index (χ0) is 18.9. The third-order valence-corrected chi connectivity index (χ3v) is 5.76. The number of piperidine rings is 1. The lowest BCUT2D eigenvalue weighted by Gasteiger charge is -2.39. The highest BCUT2D eigenvalue weighted by molar-refractivity contribution is 5.79. The fraction of sp³-hybridized carbons (Fsp3) is 0.526. The highest BCUT2D eigenvalue weighted by atomic mass is 16.4. The van der Waals surface area contributed by atoms with Crippen LogP contribution in [0.25, 0.3) is 11.5 Å². The number of furan rings is 1. The molecule has 2 aliphatic rings. The van der Waals surface area contributed by atoms with E-state index in [0.29, 0.717) is 37.4 Å². The topological polar surface area (TPSA) is 101 Å². The fourth-order valence-electron chi connectivity index (χ4n) is 4.07. The van der Waals surface area contributed by atoms with Gasteiger partial charge in [-0.25, -0.2) is 9.59 Å². The third-order valence-electron chi connectivity index (χ3n) is 5.76. The summed E-state index contributed by atoms with van der Waals surface area (Å²) >= 11 is 0. The van der Waals surface area contributed by atoms with Crippen LogP contribution in [-0.4, -0.2) is 50.9 Å². The Morgan fingerprint density at radius 3 is 2.59 bits per heavy atom. The predicted molar refractivity (Wildman–Crippen MR) is 97.1 cm³/mol. The van der Waals surface area contributed by atoms with Gasteiger partial charge in [0.1, 0.15) is 5.69 Å². The molecule has 2 amide bonds. The van der Waals surface area contributed by atoms with Gasteiger partial charge in [0.2, 0.25) is 0 Å². The molecule has 1 saturated heterocycles. The van der Waals surface area contributed by atoms with E-state index in [1.54, 1.807) is 35.6 Å². The van der Waals surface area contributed by atoms with Crippen LogP contribution in [0.2, 0.25) is 0 Å². The van der Waals surface area contributed by atoms with Gasteiger partial charge in [-0.3, -0.25) is 4.68 Å². The van der Waals surface area contributed by atoms with Gasteiger partial charge in [0.25, 0.3) is 0 Å². The molecule has 2 N–H and O–H groups in total. The number of hydrogen-bond donors (Lipinski definition) is 2. The molecule has 27 heavy (non-hydrogen) atoms. The van der Waals surface area contributed by atoms with Gasteiger partial charge >= 0.3 is 12.0 Å². The first-order chi connectivity index (χ1) is 13.1. The van der Waals surface area contributed by atoms with Crippen molar-refractivity contribution in [2.24, 2.45) is 0 Å². The summed E-state index contributed by atoms with van der Waals surface area (Å²) in [7, 11) is 0. The van der Waals surface area contributed by atoms with E-state index in [9.17, 15) is 14.7 Å². The highest BCUT2D eigenvalue weighted by Crippen LogP contribution is 2.32. The number of likely N-dealkylation sites (tertiary alicyclic amines) is 1. The smallest absolute Gasteiger partial charge is 0.331 e. The van der Waals surface area contributed by atoms with Crippen molar-refractivity contribution in [2.75, 3.05) is 13.1 Å². The number of hydrogen-bond acceptors (Lipinski definition) is 4. The molecule has 0 spiro atoms. The van der Waals surface area contributed by atoms with E-state index >= 15 is 0 Å². The Morgan fingerprint density at radius 2 is 1.96 bits per heavy atom. The van der Waals surface area contributed by atoms with Gasteiger partial charge in [0.15, 0.2) is 11.3 Å². The van der Waals surface area contributed by atoms with E-state index in [0.717, 1.165) is 25.7 Å². The number of carboxylic acids is 1. The Hall–Kier alpha value is -2.77. The van der Waals surface area contributed by atoms with Crippen LogP contribution in [0, 0.1) is 0 Å². The summed E-state index contributed by atoms with van der Waals surface area (Å²) in [6.45, 7) is 0.779. The average molecular weight is 372 g/mol. The molecule has 144 valence electrons. The largest absolute Gasteiger partial charge is 0.479 e. The number of aromatic nitrogens is 2. The summed E-state index contributed by atoms with van der Waals surface area (Å²) in [5.74, 6) is -0.324.